The van der Waals surface area contributed by atoms with Gasteiger partial charge in [-0.15, -0.1) is 6.58 Å². The van der Waals surface area contributed by atoms with E-state index in [0.29, 0.717) is 0 Å². The summed E-state index contributed by atoms with van der Waals surface area (Å²) < 4.78 is 2.33. The molecule has 0 saturated heterocycles. The van der Waals surface area contributed by atoms with E-state index in [1.165, 1.54) is 34.1 Å². The van der Waals surface area contributed by atoms with E-state index in [4.69, 9.17) is 0 Å². The lowest BCUT2D eigenvalue weighted by Crippen LogP contribution is -2.13. The lowest BCUT2D eigenvalue weighted by molar-refractivity contribution is 0.676. The molecule has 1 heterocycles. The zero-order valence-electron chi connectivity index (χ0n) is 12.3. The van der Waals surface area contributed by atoms with Crippen LogP contribution in [0.2, 0.25) is 0 Å². The fourth-order valence-electron chi connectivity index (χ4n) is 2.58. The molecule has 2 nitrogen and oxygen atoms in total. The van der Waals surface area contributed by atoms with Crippen LogP contribution in [0.25, 0.3) is 10.9 Å². The van der Waals surface area contributed by atoms with Crippen molar-refractivity contribution >= 4 is 10.9 Å². The first-order valence-corrected chi connectivity index (χ1v) is 7.09. The lowest BCUT2D eigenvalue weighted by Gasteiger charge is -2.06. The van der Waals surface area contributed by atoms with E-state index in [1.807, 2.05) is 6.08 Å². The third kappa shape index (κ3) is 2.74. The highest BCUT2D eigenvalue weighted by atomic mass is 15.0. The fraction of sp³-hybridized carbons (Fsp3) is 0.412. The molecule has 1 aromatic carbocycles. The van der Waals surface area contributed by atoms with Crippen molar-refractivity contribution in [2.75, 3.05) is 6.54 Å². The molecule has 0 radical (unpaired) electrons. The maximum Gasteiger partial charge on any atom is 0.0488 e. The van der Waals surface area contributed by atoms with Crippen LogP contribution in [0.4, 0.5) is 0 Å². The number of hydrogen-bond donors (Lipinski definition) is 1. The molecule has 19 heavy (non-hydrogen) atoms. The molecule has 0 fully saturated rings. The first kappa shape index (κ1) is 13.9. The summed E-state index contributed by atoms with van der Waals surface area (Å²) in [6.45, 7) is 13.3. The van der Waals surface area contributed by atoms with Crippen LogP contribution in [0, 0.1) is 13.8 Å². The fourth-order valence-corrected chi connectivity index (χ4v) is 2.58. The number of rotatable bonds is 6. The minimum Gasteiger partial charge on any atom is -0.341 e. The Morgan fingerprint density at radius 2 is 2.11 bits per heavy atom. The number of benzene rings is 1. The Hall–Kier alpha value is -1.54. The molecule has 0 saturated carbocycles. The zero-order valence-corrected chi connectivity index (χ0v) is 12.3. The molecule has 0 bridgehead atoms. The van der Waals surface area contributed by atoms with Crippen LogP contribution in [-0.2, 0) is 13.1 Å². The van der Waals surface area contributed by atoms with Gasteiger partial charge < -0.3 is 9.88 Å². The van der Waals surface area contributed by atoms with Gasteiger partial charge in [-0.25, -0.2) is 0 Å². The number of nitrogens with one attached hydrogen (secondary N) is 1. The summed E-state index contributed by atoms with van der Waals surface area (Å²) in [5, 5.41) is 4.83. The van der Waals surface area contributed by atoms with Gasteiger partial charge >= 0.3 is 0 Å². The SMILES string of the molecule is C=CCn1c(C)c(C)c2cc(CNCCC)ccc21. The van der Waals surface area contributed by atoms with Gasteiger partial charge in [0.15, 0.2) is 0 Å². The first-order valence-electron chi connectivity index (χ1n) is 7.09. The van der Waals surface area contributed by atoms with Crippen LogP contribution in [0.15, 0.2) is 30.9 Å². The summed E-state index contributed by atoms with van der Waals surface area (Å²) in [5.41, 5.74) is 5.40. The van der Waals surface area contributed by atoms with Crippen molar-refractivity contribution < 1.29 is 0 Å². The van der Waals surface area contributed by atoms with E-state index in [1.54, 1.807) is 0 Å². The van der Waals surface area contributed by atoms with E-state index in [-0.39, 0.29) is 0 Å². The molecule has 0 spiro atoms. The number of aromatic nitrogens is 1. The maximum atomic E-state index is 3.85. The number of hydrogen-bond acceptors (Lipinski definition) is 1. The van der Waals surface area contributed by atoms with Crippen LogP contribution in [0.1, 0.15) is 30.2 Å². The Balaban J connectivity index is 2.37. The summed E-state index contributed by atoms with van der Waals surface area (Å²) in [6, 6.07) is 6.78. The van der Waals surface area contributed by atoms with Gasteiger partial charge in [0.1, 0.15) is 0 Å². The molecule has 2 heteroatoms. The van der Waals surface area contributed by atoms with E-state index in [0.717, 1.165) is 19.6 Å². The molecule has 0 aliphatic carbocycles. The van der Waals surface area contributed by atoms with Crippen LogP contribution in [0.3, 0.4) is 0 Å². The quantitative estimate of drug-likeness (QED) is 0.612. The molecule has 2 aromatic rings. The van der Waals surface area contributed by atoms with Crippen LogP contribution in [-0.4, -0.2) is 11.1 Å². The molecular weight excluding hydrogens is 232 g/mol. The summed E-state index contributed by atoms with van der Waals surface area (Å²) in [7, 11) is 0. The van der Waals surface area contributed by atoms with E-state index < -0.39 is 0 Å². The third-order valence-electron chi connectivity index (χ3n) is 3.77. The van der Waals surface area contributed by atoms with Crippen molar-refractivity contribution in [3.05, 3.63) is 47.7 Å². The van der Waals surface area contributed by atoms with Crippen LogP contribution < -0.4 is 5.32 Å². The molecule has 0 atom stereocenters. The highest BCUT2D eigenvalue weighted by molar-refractivity contribution is 5.86. The summed E-state index contributed by atoms with van der Waals surface area (Å²) in [5.74, 6) is 0. The van der Waals surface area contributed by atoms with Gasteiger partial charge in [-0.2, -0.15) is 0 Å². The third-order valence-corrected chi connectivity index (χ3v) is 3.77. The van der Waals surface area contributed by atoms with E-state index in [9.17, 15) is 0 Å². The molecule has 0 aliphatic heterocycles. The largest absolute Gasteiger partial charge is 0.341 e. The van der Waals surface area contributed by atoms with Crippen molar-refractivity contribution in [2.24, 2.45) is 0 Å². The van der Waals surface area contributed by atoms with Gasteiger partial charge in [-0.3, -0.25) is 0 Å². The first-order chi connectivity index (χ1) is 9.19. The van der Waals surface area contributed by atoms with Gasteiger partial charge in [0.2, 0.25) is 0 Å². The summed E-state index contributed by atoms with van der Waals surface area (Å²) >= 11 is 0. The Bertz CT molecular complexity index is 578. The Morgan fingerprint density at radius 3 is 2.79 bits per heavy atom. The highest BCUT2D eigenvalue weighted by Crippen LogP contribution is 2.26. The second-order valence-corrected chi connectivity index (χ2v) is 5.14. The average Bonchev–Trinajstić information content (AvgIpc) is 2.65. The molecule has 0 amide bonds. The lowest BCUT2D eigenvalue weighted by atomic mass is 10.1. The monoisotopic (exact) mass is 256 g/mol. The summed E-state index contributed by atoms with van der Waals surface area (Å²) in [6.07, 6.45) is 3.14. The summed E-state index contributed by atoms with van der Waals surface area (Å²) in [4.78, 5) is 0. The van der Waals surface area contributed by atoms with Crippen LogP contribution >= 0.6 is 0 Å². The molecule has 2 rings (SSSR count). The number of nitrogens with zero attached hydrogens (tertiary/aromatic N) is 1. The zero-order chi connectivity index (χ0) is 13.8. The number of fused-ring (bicyclic) bond motifs is 1. The van der Waals surface area contributed by atoms with Crippen molar-refractivity contribution in [2.45, 2.75) is 40.3 Å². The van der Waals surface area contributed by atoms with E-state index >= 15 is 0 Å². The van der Waals surface area contributed by atoms with Gasteiger partial charge in [0.05, 0.1) is 0 Å². The molecular formula is C17H24N2. The van der Waals surface area contributed by atoms with Gasteiger partial charge in [0.25, 0.3) is 0 Å². The smallest absolute Gasteiger partial charge is 0.0488 e. The predicted molar refractivity (Wildman–Crippen MR) is 83.6 cm³/mol. The van der Waals surface area contributed by atoms with Crippen molar-refractivity contribution in [3.8, 4) is 0 Å². The molecule has 0 unspecified atom stereocenters. The van der Waals surface area contributed by atoms with Gasteiger partial charge in [0, 0.05) is 29.7 Å². The van der Waals surface area contributed by atoms with Crippen molar-refractivity contribution in [3.63, 3.8) is 0 Å². The molecule has 0 aliphatic rings. The van der Waals surface area contributed by atoms with Crippen molar-refractivity contribution in [1.82, 2.24) is 9.88 Å². The second-order valence-electron chi connectivity index (χ2n) is 5.14. The molecule has 1 aromatic heterocycles. The van der Waals surface area contributed by atoms with Crippen molar-refractivity contribution in [1.29, 1.82) is 0 Å². The Kier molecular flexibility index (Phi) is 4.43. The number of aryl methyl sites for hydroxylation is 1. The molecule has 1 N–H and O–H groups in total. The van der Waals surface area contributed by atoms with Gasteiger partial charge in [-0.05, 0) is 50.1 Å². The maximum absolute atomic E-state index is 3.85. The Labute approximate surface area is 116 Å². The molecule has 102 valence electrons. The minimum atomic E-state index is 0.879. The predicted octanol–water partition coefficient (Wildman–Crippen LogP) is 3.94. The standard InChI is InChI=1S/C17H24N2/c1-5-9-18-12-15-7-8-17-16(11-15)13(3)14(4)19(17)10-6-2/h6-8,11,18H,2,5,9-10,12H2,1,3-4H3. The average molecular weight is 256 g/mol. The minimum absolute atomic E-state index is 0.879. The Morgan fingerprint density at radius 1 is 1.32 bits per heavy atom. The normalized spacial score (nSPS) is 11.1. The van der Waals surface area contributed by atoms with E-state index in [2.05, 4.69) is 55.4 Å². The van der Waals surface area contributed by atoms with Crippen LogP contribution in [0.5, 0.6) is 0 Å². The number of allylic oxidation sites excluding steroid dienone is 1. The second kappa shape index (κ2) is 6.07. The highest BCUT2D eigenvalue weighted by Gasteiger charge is 2.10. The topological polar surface area (TPSA) is 17.0 Å². The van der Waals surface area contributed by atoms with Gasteiger partial charge in [-0.1, -0.05) is 19.1 Å².